The molecule has 2 saturated heterocycles. The highest BCUT2D eigenvalue weighted by Crippen LogP contribution is 2.45. The molecule has 3 aliphatic rings. The summed E-state index contributed by atoms with van der Waals surface area (Å²) in [6.45, 7) is 0.338. The number of benzene rings is 2. The van der Waals surface area contributed by atoms with Gasteiger partial charge >= 0.3 is 12.1 Å². The maximum Gasteiger partial charge on any atom is 0.410 e. The van der Waals surface area contributed by atoms with Gasteiger partial charge in [0, 0.05) is 18.0 Å². The number of fused-ring (bicyclic) bond motifs is 5. The van der Waals surface area contributed by atoms with Crippen molar-refractivity contribution in [2.24, 2.45) is 0 Å². The second-order valence-corrected chi connectivity index (χ2v) is 8.46. The van der Waals surface area contributed by atoms with Crippen molar-refractivity contribution in [1.82, 2.24) is 4.90 Å². The Balaban J connectivity index is 1.29. The molecule has 2 aliphatic heterocycles. The maximum atomic E-state index is 13.0. The fraction of sp³-hybridized carbons (Fsp3) is 0.360. The normalized spacial score (nSPS) is 21.9. The smallest absolute Gasteiger partial charge is 0.410 e. The zero-order chi connectivity index (χ0) is 20.7. The van der Waals surface area contributed by atoms with Crippen LogP contribution in [0.25, 0.3) is 11.1 Å². The first-order chi connectivity index (χ1) is 14.6. The second kappa shape index (κ2) is 7.63. The van der Waals surface area contributed by atoms with Crippen LogP contribution in [-0.2, 0) is 9.53 Å². The molecule has 2 aromatic rings. The predicted octanol–water partition coefficient (Wildman–Crippen LogP) is 4.96. The molecule has 0 radical (unpaired) electrons. The monoisotopic (exact) mass is 403 g/mol. The Labute approximate surface area is 176 Å². The van der Waals surface area contributed by atoms with Crippen LogP contribution in [-0.4, -0.2) is 40.8 Å². The van der Waals surface area contributed by atoms with E-state index >= 15 is 0 Å². The predicted molar refractivity (Wildman–Crippen MR) is 113 cm³/mol. The number of nitrogens with zero attached hydrogens (tertiary/aromatic N) is 1. The van der Waals surface area contributed by atoms with E-state index in [-0.39, 0.29) is 30.5 Å². The molecule has 2 heterocycles. The van der Waals surface area contributed by atoms with E-state index in [2.05, 4.69) is 24.3 Å². The van der Waals surface area contributed by atoms with Gasteiger partial charge in [-0.15, -0.1) is 0 Å². The van der Waals surface area contributed by atoms with Gasteiger partial charge in [0.25, 0.3) is 0 Å². The first kappa shape index (κ1) is 18.9. The van der Waals surface area contributed by atoms with E-state index in [9.17, 15) is 9.59 Å². The zero-order valence-corrected chi connectivity index (χ0v) is 16.8. The highest BCUT2D eigenvalue weighted by atomic mass is 16.6. The number of ether oxygens (including phenoxy) is 1. The number of carbonyl (C=O) groups excluding carboxylic acids is 1. The molecule has 1 aliphatic carbocycles. The van der Waals surface area contributed by atoms with Crippen LogP contribution in [0, 0.1) is 0 Å². The molecule has 5 heteroatoms. The fourth-order valence-corrected chi connectivity index (χ4v) is 5.42. The number of carboxylic acids is 1. The minimum absolute atomic E-state index is 0.0553. The third-order valence-electron chi connectivity index (χ3n) is 6.73. The molecule has 2 atom stereocenters. The number of piperidine rings is 1. The summed E-state index contributed by atoms with van der Waals surface area (Å²) in [5, 5.41) is 8.92. The van der Waals surface area contributed by atoms with Gasteiger partial charge < -0.3 is 14.7 Å². The van der Waals surface area contributed by atoms with E-state index in [1.165, 1.54) is 22.3 Å². The number of hydrogen-bond donors (Lipinski definition) is 1. The molecule has 0 aromatic heterocycles. The lowest BCUT2D eigenvalue weighted by Crippen LogP contribution is -2.45. The van der Waals surface area contributed by atoms with E-state index in [0.717, 1.165) is 31.3 Å². The number of carbonyl (C=O) groups is 2. The lowest BCUT2D eigenvalue weighted by Gasteiger charge is -2.35. The number of aliphatic carboxylic acids is 1. The number of amides is 1. The molecule has 0 saturated carbocycles. The summed E-state index contributed by atoms with van der Waals surface area (Å²) in [5.41, 5.74) is 6.03. The van der Waals surface area contributed by atoms with Gasteiger partial charge in [0.05, 0.1) is 6.42 Å². The van der Waals surface area contributed by atoms with E-state index in [0.29, 0.717) is 6.61 Å². The van der Waals surface area contributed by atoms with Crippen LogP contribution < -0.4 is 0 Å². The highest BCUT2D eigenvalue weighted by Gasteiger charge is 2.42. The largest absolute Gasteiger partial charge is 0.481 e. The van der Waals surface area contributed by atoms with Crippen molar-refractivity contribution in [3.63, 3.8) is 0 Å². The van der Waals surface area contributed by atoms with E-state index in [1.54, 1.807) is 0 Å². The number of rotatable bonds is 4. The average Bonchev–Trinajstić information content (AvgIpc) is 3.22. The molecule has 2 bridgehead atoms. The summed E-state index contributed by atoms with van der Waals surface area (Å²) >= 11 is 0. The third kappa shape index (κ3) is 3.28. The van der Waals surface area contributed by atoms with Crippen LogP contribution in [0.2, 0.25) is 0 Å². The highest BCUT2D eigenvalue weighted by molar-refractivity contribution is 5.79. The Morgan fingerprint density at radius 3 is 2.10 bits per heavy atom. The molecular weight excluding hydrogens is 378 g/mol. The standard InChI is InChI=1S/C25H25NO4/c27-24(28)12-9-16-13-17-10-11-18(14-16)26(17)25(29)30-15-23-21-7-3-1-5-19(21)20-6-2-4-8-22(20)23/h1-9,17-18,23H,10-15H2,(H,27,28). The van der Waals surface area contributed by atoms with Crippen LogP contribution in [0.1, 0.15) is 49.1 Å². The Morgan fingerprint density at radius 1 is 0.967 bits per heavy atom. The third-order valence-corrected chi connectivity index (χ3v) is 6.73. The topological polar surface area (TPSA) is 66.8 Å². The van der Waals surface area contributed by atoms with E-state index in [1.807, 2.05) is 35.2 Å². The summed E-state index contributed by atoms with van der Waals surface area (Å²) in [7, 11) is 0. The Morgan fingerprint density at radius 2 is 1.53 bits per heavy atom. The van der Waals surface area contributed by atoms with Gasteiger partial charge in [0.1, 0.15) is 6.61 Å². The Bertz CT molecular complexity index is 966. The molecule has 154 valence electrons. The quantitative estimate of drug-likeness (QED) is 0.733. The number of carboxylic acid groups (broad SMARTS) is 1. The van der Waals surface area contributed by atoms with Crippen molar-refractivity contribution in [3.8, 4) is 11.1 Å². The van der Waals surface area contributed by atoms with Crippen molar-refractivity contribution in [2.45, 2.75) is 50.1 Å². The van der Waals surface area contributed by atoms with Gasteiger partial charge in [-0.1, -0.05) is 60.2 Å². The second-order valence-electron chi connectivity index (χ2n) is 8.46. The van der Waals surface area contributed by atoms with Gasteiger partial charge in [0.15, 0.2) is 0 Å². The van der Waals surface area contributed by atoms with E-state index < -0.39 is 5.97 Å². The van der Waals surface area contributed by atoms with Crippen molar-refractivity contribution in [1.29, 1.82) is 0 Å². The molecule has 2 unspecified atom stereocenters. The van der Waals surface area contributed by atoms with Gasteiger partial charge in [-0.3, -0.25) is 4.79 Å². The van der Waals surface area contributed by atoms with Crippen LogP contribution >= 0.6 is 0 Å². The average molecular weight is 403 g/mol. The fourth-order valence-electron chi connectivity index (χ4n) is 5.42. The summed E-state index contributed by atoms with van der Waals surface area (Å²) in [6.07, 6.45) is 5.07. The number of hydrogen-bond acceptors (Lipinski definition) is 3. The van der Waals surface area contributed by atoms with Crippen LogP contribution in [0.3, 0.4) is 0 Å². The summed E-state index contributed by atoms with van der Waals surface area (Å²) in [4.78, 5) is 25.8. The van der Waals surface area contributed by atoms with Crippen molar-refractivity contribution in [2.75, 3.05) is 6.61 Å². The first-order valence-electron chi connectivity index (χ1n) is 10.6. The SMILES string of the molecule is O=C(O)CC=C1CC2CCC(C1)N2C(=O)OCC1c2ccccc2-c2ccccc21. The zero-order valence-electron chi connectivity index (χ0n) is 16.8. The minimum atomic E-state index is -0.811. The van der Waals surface area contributed by atoms with Gasteiger partial charge in [0.2, 0.25) is 0 Å². The molecule has 5 nitrogen and oxygen atoms in total. The molecule has 1 amide bonds. The van der Waals surface area contributed by atoms with Gasteiger partial charge in [-0.2, -0.15) is 0 Å². The van der Waals surface area contributed by atoms with Gasteiger partial charge in [-0.25, -0.2) is 4.79 Å². The Kier molecular flexibility index (Phi) is 4.81. The molecule has 1 N–H and O–H groups in total. The Hall–Kier alpha value is -3.08. The maximum absolute atomic E-state index is 13.0. The van der Waals surface area contributed by atoms with Crippen LogP contribution in [0.4, 0.5) is 4.79 Å². The molecule has 0 spiro atoms. The summed E-state index contributed by atoms with van der Waals surface area (Å²) in [5.74, 6) is -0.747. The summed E-state index contributed by atoms with van der Waals surface area (Å²) in [6, 6.07) is 16.9. The molecule has 30 heavy (non-hydrogen) atoms. The van der Waals surface area contributed by atoms with Gasteiger partial charge in [-0.05, 0) is 47.9 Å². The van der Waals surface area contributed by atoms with Crippen molar-refractivity contribution in [3.05, 3.63) is 71.3 Å². The molecule has 2 fully saturated rings. The minimum Gasteiger partial charge on any atom is -0.481 e. The van der Waals surface area contributed by atoms with Crippen LogP contribution in [0.5, 0.6) is 0 Å². The van der Waals surface area contributed by atoms with E-state index in [4.69, 9.17) is 9.84 Å². The molecule has 2 aromatic carbocycles. The first-order valence-corrected chi connectivity index (χ1v) is 10.6. The molecule has 5 rings (SSSR count). The van der Waals surface area contributed by atoms with Crippen molar-refractivity contribution >= 4 is 12.1 Å². The summed E-state index contributed by atoms with van der Waals surface area (Å²) < 4.78 is 5.87. The van der Waals surface area contributed by atoms with Crippen molar-refractivity contribution < 1.29 is 19.4 Å². The lowest BCUT2D eigenvalue weighted by atomic mass is 9.96. The lowest BCUT2D eigenvalue weighted by molar-refractivity contribution is -0.136. The van der Waals surface area contributed by atoms with Crippen LogP contribution in [0.15, 0.2) is 60.2 Å². The molecular formula is C25H25NO4.